The van der Waals surface area contributed by atoms with Crippen LogP contribution in [0.15, 0.2) is 197 Å². The van der Waals surface area contributed by atoms with Gasteiger partial charge < -0.3 is 13.7 Å². The number of para-hydroxylation sites is 3. The minimum absolute atomic E-state index is 0.105. The number of rotatable bonds is 4. The minimum Gasteiger partial charge on any atom is -0.455 e. The molecule has 4 aliphatic carbocycles. The molecule has 0 spiro atoms. The van der Waals surface area contributed by atoms with E-state index in [-0.39, 0.29) is 16.2 Å². The van der Waals surface area contributed by atoms with Gasteiger partial charge in [-0.3, -0.25) is 0 Å². The van der Waals surface area contributed by atoms with E-state index < -0.39 is 0 Å². The van der Waals surface area contributed by atoms with Crippen LogP contribution in [0.5, 0.6) is 0 Å². The normalized spacial score (nSPS) is 15.5. The first kappa shape index (κ1) is 41.2. The highest BCUT2D eigenvalue weighted by atomic mass is 16.3. The summed E-state index contributed by atoms with van der Waals surface area (Å²) in [6.45, 7) is 14.4. The van der Waals surface area contributed by atoms with E-state index in [1.165, 1.54) is 111 Å². The first-order valence-electron chi connectivity index (χ1n) is 26.0. The van der Waals surface area contributed by atoms with Crippen LogP contribution in [0.3, 0.4) is 0 Å². The van der Waals surface area contributed by atoms with Crippen molar-refractivity contribution in [2.24, 2.45) is 0 Å². The third-order valence-electron chi connectivity index (χ3n) is 17.8. The summed E-state index contributed by atoms with van der Waals surface area (Å²) in [5, 5.41) is 4.77. The quantitative estimate of drug-likeness (QED) is 0.176. The molecule has 73 heavy (non-hydrogen) atoms. The molecular weight excluding hydrogens is 887 g/mol. The first-order chi connectivity index (χ1) is 35.5. The third kappa shape index (κ3) is 5.24. The molecule has 16 rings (SSSR count). The van der Waals surface area contributed by atoms with Crippen LogP contribution in [-0.2, 0) is 22.7 Å². The van der Waals surface area contributed by atoms with E-state index in [0.717, 1.165) is 56.8 Å². The van der Waals surface area contributed by atoms with Gasteiger partial charge in [-0.25, -0.2) is 0 Å². The van der Waals surface area contributed by atoms with Gasteiger partial charge in [0.2, 0.25) is 0 Å². The molecule has 0 radical (unpaired) electrons. The lowest BCUT2D eigenvalue weighted by atomic mass is 9.72. The van der Waals surface area contributed by atoms with Crippen LogP contribution in [0.4, 0.5) is 17.1 Å². The number of benzene rings is 10. The lowest BCUT2D eigenvalue weighted by Gasteiger charge is -2.31. The molecule has 348 valence electrons. The molecule has 2 heterocycles. The van der Waals surface area contributed by atoms with E-state index in [4.69, 9.17) is 8.83 Å². The van der Waals surface area contributed by atoms with E-state index >= 15 is 0 Å². The maximum Gasteiger partial charge on any atom is 0.144 e. The Bertz CT molecular complexity index is 4440. The summed E-state index contributed by atoms with van der Waals surface area (Å²) in [7, 11) is 0. The van der Waals surface area contributed by atoms with E-state index in [2.05, 4.69) is 234 Å². The Morgan fingerprint density at radius 2 is 0.890 bits per heavy atom. The standard InChI is InChI=1S/C70H51NO2/c1-68(2)53-24-14-10-20-46(53)47-31-28-39(37-55(47)68)52-36-41-34-40-35-43(29-32-45(40)59(41)61-50-22-12-16-26-57(50)72-66(52)61)71(42-18-8-7-9-19-42)44-30-33-49-56(38-44)70(5,6)65-63(49)67-62(51-23-13-17-27-58(51)73-67)60-48-21-11-15-25-54(48)69(3,4)64(60)65/h7-33,35-38H,34H2,1-6H3. The van der Waals surface area contributed by atoms with Crippen molar-refractivity contribution < 1.29 is 8.83 Å². The van der Waals surface area contributed by atoms with Crippen LogP contribution in [0.1, 0.15) is 86.1 Å². The summed E-state index contributed by atoms with van der Waals surface area (Å²) in [6.07, 6.45) is 0.828. The Kier molecular flexibility index (Phi) is 7.89. The predicted octanol–water partition coefficient (Wildman–Crippen LogP) is 19.1. The third-order valence-corrected chi connectivity index (χ3v) is 17.8. The Morgan fingerprint density at radius 3 is 1.64 bits per heavy atom. The Labute approximate surface area is 425 Å². The maximum absolute atomic E-state index is 7.04. The molecular formula is C70H51NO2. The fraction of sp³-hybridized carbons (Fsp3) is 0.143. The zero-order valence-corrected chi connectivity index (χ0v) is 41.9. The van der Waals surface area contributed by atoms with Crippen LogP contribution in [0.2, 0.25) is 0 Å². The number of nitrogens with zero attached hydrogens (tertiary/aromatic N) is 1. The Balaban J connectivity index is 0.857. The molecule has 0 unspecified atom stereocenters. The first-order valence-corrected chi connectivity index (χ1v) is 26.0. The maximum atomic E-state index is 7.04. The van der Waals surface area contributed by atoms with E-state index in [1.807, 2.05) is 0 Å². The van der Waals surface area contributed by atoms with Crippen molar-refractivity contribution in [1.82, 2.24) is 0 Å². The van der Waals surface area contributed by atoms with Crippen molar-refractivity contribution >= 4 is 60.9 Å². The number of anilines is 3. The summed E-state index contributed by atoms with van der Waals surface area (Å²) in [5.74, 6) is 0. The van der Waals surface area contributed by atoms with Crippen molar-refractivity contribution in [3.63, 3.8) is 0 Å². The number of fused-ring (bicyclic) bond motifs is 22. The van der Waals surface area contributed by atoms with Crippen molar-refractivity contribution in [2.75, 3.05) is 4.90 Å². The van der Waals surface area contributed by atoms with Crippen molar-refractivity contribution in [1.29, 1.82) is 0 Å². The number of hydrogen-bond acceptors (Lipinski definition) is 3. The molecule has 0 saturated heterocycles. The van der Waals surface area contributed by atoms with Crippen LogP contribution >= 0.6 is 0 Å². The smallest absolute Gasteiger partial charge is 0.144 e. The Morgan fingerprint density at radius 1 is 0.356 bits per heavy atom. The van der Waals surface area contributed by atoms with Crippen molar-refractivity contribution in [3.05, 3.63) is 233 Å². The van der Waals surface area contributed by atoms with Gasteiger partial charge in [0.1, 0.15) is 22.3 Å². The largest absolute Gasteiger partial charge is 0.455 e. The van der Waals surface area contributed by atoms with Crippen LogP contribution < -0.4 is 4.90 Å². The van der Waals surface area contributed by atoms with Crippen LogP contribution in [-0.4, -0.2) is 0 Å². The van der Waals surface area contributed by atoms with Gasteiger partial charge in [0.15, 0.2) is 0 Å². The average Bonchev–Trinajstić information content (AvgIpc) is 4.24. The molecule has 2 aromatic heterocycles. The zero-order valence-electron chi connectivity index (χ0n) is 41.9. The molecule has 0 amide bonds. The summed E-state index contributed by atoms with van der Waals surface area (Å²) in [5.41, 5.74) is 30.2. The molecule has 12 aromatic rings. The summed E-state index contributed by atoms with van der Waals surface area (Å²) in [6, 6.07) is 69.9. The molecule has 0 N–H and O–H groups in total. The van der Waals surface area contributed by atoms with Gasteiger partial charge in [-0.05, 0) is 156 Å². The SMILES string of the molecule is CC1(C)c2ccccc2-c2ccc(-c3cc4c(c5c3oc3ccccc35)-c3ccc(N(c5ccccc5)c5ccc6c(c5)C(C)(C)c5c7c(c8c(oc9ccccc98)c5-6)-c5ccccc5C7(C)C)cc3C4)cc21. The van der Waals surface area contributed by atoms with Gasteiger partial charge in [0.25, 0.3) is 0 Å². The molecule has 0 aliphatic heterocycles. The Hall–Kier alpha value is -8.40. The zero-order chi connectivity index (χ0) is 48.9. The van der Waals surface area contributed by atoms with Gasteiger partial charge in [0.05, 0.1) is 0 Å². The molecule has 3 heteroatoms. The second-order valence-corrected chi connectivity index (χ2v) is 22.7. The van der Waals surface area contributed by atoms with Crippen LogP contribution in [0, 0.1) is 0 Å². The lowest BCUT2D eigenvalue weighted by molar-refractivity contribution is 0.600. The highest BCUT2D eigenvalue weighted by Gasteiger charge is 2.49. The molecule has 0 fully saturated rings. The molecule has 0 saturated carbocycles. The molecule has 4 aliphatic rings. The van der Waals surface area contributed by atoms with Gasteiger partial charge in [-0.1, -0.05) is 169 Å². The van der Waals surface area contributed by atoms with Gasteiger partial charge in [-0.2, -0.15) is 0 Å². The summed E-state index contributed by atoms with van der Waals surface area (Å²) in [4.78, 5) is 2.46. The van der Waals surface area contributed by atoms with E-state index in [9.17, 15) is 0 Å². The second kappa shape index (κ2) is 14.0. The predicted molar refractivity (Wildman–Crippen MR) is 302 cm³/mol. The van der Waals surface area contributed by atoms with Crippen LogP contribution in [0.25, 0.3) is 99.5 Å². The summed E-state index contributed by atoms with van der Waals surface area (Å²) >= 11 is 0. The number of furan rings is 2. The van der Waals surface area contributed by atoms with E-state index in [1.54, 1.807) is 0 Å². The molecule has 3 nitrogen and oxygen atoms in total. The monoisotopic (exact) mass is 937 g/mol. The molecule has 0 atom stereocenters. The van der Waals surface area contributed by atoms with E-state index in [0.29, 0.717) is 0 Å². The fourth-order valence-electron chi connectivity index (χ4n) is 14.5. The van der Waals surface area contributed by atoms with Gasteiger partial charge in [-0.15, -0.1) is 0 Å². The highest BCUT2D eigenvalue weighted by Crippen LogP contribution is 2.64. The molecule has 0 bridgehead atoms. The molecule has 10 aromatic carbocycles. The van der Waals surface area contributed by atoms with Gasteiger partial charge in [0, 0.05) is 66.0 Å². The number of hydrogen-bond donors (Lipinski definition) is 0. The summed E-state index contributed by atoms with van der Waals surface area (Å²) < 4.78 is 14.0. The van der Waals surface area contributed by atoms with Gasteiger partial charge >= 0.3 is 0 Å². The lowest BCUT2D eigenvalue weighted by Crippen LogP contribution is -2.24. The highest BCUT2D eigenvalue weighted by molar-refractivity contribution is 6.21. The van der Waals surface area contributed by atoms with Crippen molar-refractivity contribution in [3.8, 4) is 55.6 Å². The topological polar surface area (TPSA) is 29.5 Å². The van der Waals surface area contributed by atoms with Crippen molar-refractivity contribution in [2.45, 2.75) is 64.2 Å². The average molecular weight is 938 g/mol. The minimum atomic E-state index is -0.325. The fourth-order valence-corrected chi connectivity index (χ4v) is 14.5. The second-order valence-electron chi connectivity index (χ2n) is 22.7.